The molecule has 1 aliphatic carbocycles. The first-order chi connectivity index (χ1) is 11.5. The molecule has 2 nitrogen and oxygen atoms in total. The molecule has 0 radical (unpaired) electrons. The molecule has 3 unspecified atom stereocenters. The van der Waals surface area contributed by atoms with Crippen LogP contribution in [0.1, 0.15) is 44.9 Å². The van der Waals surface area contributed by atoms with Gasteiger partial charge in [0.15, 0.2) is 0 Å². The van der Waals surface area contributed by atoms with Crippen LogP contribution in [0.2, 0.25) is 0 Å². The molecule has 2 aliphatic rings. The monoisotopic (exact) mass is 320 g/mol. The van der Waals surface area contributed by atoms with E-state index in [0.717, 1.165) is 6.42 Å². The predicted molar refractivity (Wildman–Crippen MR) is 95.3 cm³/mol. The van der Waals surface area contributed by atoms with E-state index < -0.39 is 0 Å². The summed E-state index contributed by atoms with van der Waals surface area (Å²) < 4.78 is 5.46. The first-order valence-corrected chi connectivity index (χ1v) is 8.79. The van der Waals surface area contributed by atoms with Gasteiger partial charge >= 0.3 is 5.97 Å². The molecular weight excluding hydrogens is 296 g/mol. The molecule has 0 aromatic heterocycles. The summed E-state index contributed by atoms with van der Waals surface area (Å²) in [5.41, 5.74) is 9.16. The molecule has 2 aromatic rings. The lowest BCUT2D eigenvalue weighted by molar-refractivity contribution is -0.141. The second kappa shape index (κ2) is 5.47. The highest BCUT2D eigenvalue weighted by molar-refractivity contribution is 5.78. The van der Waals surface area contributed by atoms with Crippen molar-refractivity contribution >= 4 is 5.97 Å². The van der Waals surface area contributed by atoms with Gasteiger partial charge in [0, 0.05) is 11.8 Å². The van der Waals surface area contributed by atoms with Gasteiger partial charge in [-0.3, -0.25) is 4.79 Å². The van der Waals surface area contributed by atoms with Crippen molar-refractivity contribution in [2.45, 2.75) is 40.0 Å². The highest BCUT2D eigenvalue weighted by Crippen LogP contribution is 2.47. The quantitative estimate of drug-likeness (QED) is 0.728. The molecular formula is C22H24O2. The summed E-state index contributed by atoms with van der Waals surface area (Å²) in [6.45, 7) is 9.17. The molecule has 2 heteroatoms. The van der Waals surface area contributed by atoms with Gasteiger partial charge in [0.1, 0.15) is 0 Å². The van der Waals surface area contributed by atoms with Gasteiger partial charge in [-0.25, -0.2) is 0 Å². The molecule has 3 atom stereocenters. The number of ether oxygens (including phenoxy) is 1. The van der Waals surface area contributed by atoms with E-state index in [1.54, 1.807) is 0 Å². The van der Waals surface area contributed by atoms with Crippen molar-refractivity contribution in [3.8, 4) is 0 Å². The van der Waals surface area contributed by atoms with E-state index in [9.17, 15) is 4.79 Å². The molecule has 1 heterocycles. The number of carbonyl (C=O) groups is 1. The summed E-state index contributed by atoms with van der Waals surface area (Å²) in [4.78, 5) is 12.5. The van der Waals surface area contributed by atoms with E-state index >= 15 is 0 Å². The number of benzene rings is 2. The lowest BCUT2D eigenvalue weighted by Gasteiger charge is -2.34. The molecule has 1 saturated heterocycles. The van der Waals surface area contributed by atoms with E-state index in [1.165, 1.54) is 38.9 Å². The minimum absolute atomic E-state index is 0.0212. The Labute approximate surface area is 143 Å². The molecule has 0 N–H and O–H groups in total. The molecule has 0 amide bonds. The number of hydrogen-bond donors (Lipinski definition) is 0. The molecule has 2 aromatic carbocycles. The Morgan fingerprint density at radius 3 is 2.38 bits per heavy atom. The zero-order valence-corrected chi connectivity index (χ0v) is 14.8. The SMILES string of the molecule is Cc1ccc(C2c3cc(C)c(C)cc3CC3COC(=O)C32)cc1C. The van der Waals surface area contributed by atoms with Gasteiger partial charge in [-0.1, -0.05) is 30.3 Å². The topological polar surface area (TPSA) is 26.3 Å². The first-order valence-electron chi connectivity index (χ1n) is 8.79. The summed E-state index contributed by atoms with van der Waals surface area (Å²) in [5, 5.41) is 0. The van der Waals surface area contributed by atoms with Crippen LogP contribution in [0.4, 0.5) is 0 Å². The molecule has 0 spiro atoms. The zero-order chi connectivity index (χ0) is 17.0. The van der Waals surface area contributed by atoms with E-state index in [0.29, 0.717) is 12.5 Å². The van der Waals surface area contributed by atoms with Crippen LogP contribution in [0.5, 0.6) is 0 Å². The van der Waals surface area contributed by atoms with Crippen LogP contribution in [-0.4, -0.2) is 12.6 Å². The minimum atomic E-state index is -0.0401. The number of esters is 1. The molecule has 124 valence electrons. The standard InChI is InChI=1S/C22H24O2/c1-12-5-6-16(7-13(12)2)20-19-9-15(4)14(3)8-17(19)10-18-11-24-22(23)21(18)20/h5-9,18,20-21H,10-11H2,1-4H3. The van der Waals surface area contributed by atoms with E-state index in [2.05, 4.69) is 58.0 Å². The first kappa shape index (κ1) is 15.4. The fraction of sp³-hybridized carbons (Fsp3) is 0.409. The minimum Gasteiger partial charge on any atom is -0.465 e. The molecule has 0 bridgehead atoms. The van der Waals surface area contributed by atoms with Crippen LogP contribution in [0.25, 0.3) is 0 Å². The highest BCUT2D eigenvalue weighted by Gasteiger charge is 2.47. The van der Waals surface area contributed by atoms with Crippen LogP contribution in [-0.2, 0) is 16.0 Å². The maximum absolute atomic E-state index is 12.5. The van der Waals surface area contributed by atoms with Crippen molar-refractivity contribution in [3.63, 3.8) is 0 Å². The second-order valence-corrected chi connectivity index (χ2v) is 7.58. The molecule has 1 aliphatic heterocycles. The summed E-state index contributed by atoms with van der Waals surface area (Å²) in [5.74, 6) is 0.361. The van der Waals surface area contributed by atoms with Crippen LogP contribution < -0.4 is 0 Å². The summed E-state index contributed by atoms with van der Waals surface area (Å²) in [7, 11) is 0. The second-order valence-electron chi connectivity index (χ2n) is 7.58. The van der Waals surface area contributed by atoms with Crippen molar-refractivity contribution in [1.82, 2.24) is 0 Å². The predicted octanol–water partition coefficient (Wildman–Crippen LogP) is 4.40. The fourth-order valence-electron chi connectivity index (χ4n) is 4.36. The summed E-state index contributed by atoms with van der Waals surface area (Å²) in [6, 6.07) is 11.2. The number of hydrogen-bond acceptors (Lipinski definition) is 2. The smallest absolute Gasteiger partial charge is 0.310 e. The van der Waals surface area contributed by atoms with Crippen molar-refractivity contribution in [1.29, 1.82) is 0 Å². The van der Waals surface area contributed by atoms with Gasteiger partial charge in [-0.15, -0.1) is 0 Å². The van der Waals surface area contributed by atoms with Gasteiger partial charge in [0.25, 0.3) is 0 Å². The Bertz CT molecular complexity index is 834. The van der Waals surface area contributed by atoms with Crippen molar-refractivity contribution < 1.29 is 9.53 Å². The van der Waals surface area contributed by atoms with Crippen LogP contribution in [0, 0.1) is 39.5 Å². The van der Waals surface area contributed by atoms with E-state index in [4.69, 9.17) is 4.74 Å². The summed E-state index contributed by atoms with van der Waals surface area (Å²) in [6.07, 6.45) is 0.953. The summed E-state index contributed by atoms with van der Waals surface area (Å²) >= 11 is 0. The number of cyclic esters (lactones) is 1. The maximum atomic E-state index is 12.5. The highest BCUT2D eigenvalue weighted by atomic mass is 16.5. The van der Waals surface area contributed by atoms with Gasteiger partial charge in [0.05, 0.1) is 12.5 Å². The van der Waals surface area contributed by atoms with Crippen LogP contribution in [0.3, 0.4) is 0 Å². The number of aryl methyl sites for hydroxylation is 4. The van der Waals surface area contributed by atoms with Crippen molar-refractivity contribution in [2.24, 2.45) is 11.8 Å². The molecule has 4 rings (SSSR count). The Kier molecular flexibility index (Phi) is 3.52. The van der Waals surface area contributed by atoms with Gasteiger partial charge in [0.2, 0.25) is 0 Å². The Hall–Kier alpha value is -2.09. The third kappa shape index (κ3) is 2.28. The molecule has 1 fully saturated rings. The average Bonchev–Trinajstić information content (AvgIpc) is 2.90. The van der Waals surface area contributed by atoms with Crippen molar-refractivity contribution in [3.05, 3.63) is 69.3 Å². The number of rotatable bonds is 1. The molecule has 0 saturated carbocycles. The third-order valence-electron chi connectivity index (χ3n) is 6.04. The lowest BCUT2D eigenvalue weighted by atomic mass is 9.67. The Morgan fingerprint density at radius 2 is 1.62 bits per heavy atom. The normalized spacial score (nSPS) is 25.2. The van der Waals surface area contributed by atoms with Crippen LogP contribution >= 0.6 is 0 Å². The van der Waals surface area contributed by atoms with Crippen LogP contribution in [0.15, 0.2) is 30.3 Å². The fourth-order valence-corrected chi connectivity index (χ4v) is 4.36. The number of carbonyl (C=O) groups excluding carboxylic acids is 1. The molecule has 24 heavy (non-hydrogen) atoms. The zero-order valence-electron chi connectivity index (χ0n) is 14.8. The average molecular weight is 320 g/mol. The Morgan fingerprint density at radius 1 is 0.917 bits per heavy atom. The third-order valence-corrected chi connectivity index (χ3v) is 6.04. The van der Waals surface area contributed by atoms with Gasteiger partial charge < -0.3 is 4.74 Å². The van der Waals surface area contributed by atoms with E-state index in [1.807, 2.05) is 0 Å². The maximum Gasteiger partial charge on any atom is 0.310 e. The van der Waals surface area contributed by atoms with Crippen molar-refractivity contribution in [2.75, 3.05) is 6.61 Å². The van der Waals surface area contributed by atoms with Gasteiger partial charge in [-0.2, -0.15) is 0 Å². The van der Waals surface area contributed by atoms with Gasteiger partial charge in [-0.05, 0) is 73.1 Å². The Balaban J connectivity index is 1.92. The number of fused-ring (bicyclic) bond motifs is 2. The lowest BCUT2D eigenvalue weighted by Crippen LogP contribution is -2.31. The largest absolute Gasteiger partial charge is 0.465 e. The van der Waals surface area contributed by atoms with E-state index in [-0.39, 0.29) is 17.8 Å².